The van der Waals surface area contributed by atoms with E-state index in [0.29, 0.717) is 5.75 Å². The van der Waals surface area contributed by atoms with Crippen molar-refractivity contribution in [2.45, 2.75) is 13.8 Å². The summed E-state index contributed by atoms with van der Waals surface area (Å²) in [6.07, 6.45) is 3.94. The zero-order chi connectivity index (χ0) is 11.8. The monoisotopic (exact) mass is 235 g/mol. The van der Waals surface area contributed by atoms with Gasteiger partial charge in [-0.25, -0.2) is 4.79 Å². The summed E-state index contributed by atoms with van der Waals surface area (Å²) < 4.78 is 9.72. The van der Waals surface area contributed by atoms with E-state index < -0.39 is 0 Å². The van der Waals surface area contributed by atoms with E-state index in [9.17, 15) is 9.59 Å². The molecule has 0 saturated heterocycles. The lowest BCUT2D eigenvalue weighted by Crippen LogP contribution is -2.20. The average Bonchev–Trinajstić information content (AvgIpc) is 2.10. The van der Waals surface area contributed by atoms with E-state index in [-0.39, 0.29) is 42.0 Å². The topological polar surface area (TPSA) is 52.6 Å². The van der Waals surface area contributed by atoms with Gasteiger partial charge < -0.3 is 9.47 Å². The average molecular weight is 235 g/mol. The first-order valence-corrected chi connectivity index (χ1v) is 7.01. The van der Waals surface area contributed by atoms with Crippen molar-refractivity contribution in [2.24, 2.45) is 5.92 Å². The Bertz CT molecular complexity index is 213. The van der Waals surface area contributed by atoms with Crippen LogP contribution in [0.25, 0.3) is 0 Å². The van der Waals surface area contributed by atoms with Gasteiger partial charge in [0.1, 0.15) is 13.2 Å². The molecule has 0 heterocycles. The van der Waals surface area contributed by atoms with Gasteiger partial charge in [0.05, 0.1) is 18.4 Å². The van der Waals surface area contributed by atoms with Crippen LogP contribution in [0, 0.1) is 5.92 Å². The lowest BCUT2D eigenvalue weighted by Gasteiger charge is -2.07. The van der Waals surface area contributed by atoms with Gasteiger partial charge in [-0.15, -0.1) is 0 Å². The number of esters is 2. The summed E-state index contributed by atoms with van der Waals surface area (Å²) in [5.74, 6) is -0.212. The minimum absolute atomic E-state index is 0.0505. The Balaban J connectivity index is 3.46. The van der Waals surface area contributed by atoms with E-state index in [2.05, 4.69) is 0 Å². The molecule has 0 unspecified atom stereocenters. The second-order valence-electron chi connectivity index (χ2n) is 3.67. The molecule has 0 aliphatic rings. The molecule has 0 aromatic heterocycles. The molecule has 0 fully saturated rings. The van der Waals surface area contributed by atoms with Gasteiger partial charge in [-0.1, -0.05) is 13.8 Å². The van der Waals surface area contributed by atoms with Crippen LogP contribution < -0.4 is 0 Å². The SMILES string of the molecule is CC(C)C(=O)OCCOC(=O)C[S+](C)C. The summed E-state index contributed by atoms with van der Waals surface area (Å²) in [6.45, 7) is 3.81. The second kappa shape index (κ2) is 7.56. The molecule has 4 nitrogen and oxygen atoms in total. The number of hydrogen-bond donors (Lipinski definition) is 0. The third-order valence-corrected chi connectivity index (χ3v) is 2.28. The van der Waals surface area contributed by atoms with Crippen molar-refractivity contribution in [1.82, 2.24) is 0 Å². The highest BCUT2D eigenvalue weighted by Crippen LogP contribution is 1.95. The Hall–Kier alpha value is -0.710. The van der Waals surface area contributed by atoms with Gasteiger partial charge in [0.25, 0.3) is 0 Å². The fourth-order valence-electron chi connectivity index (χ4n) is 0.742. The number of carbonyl (C=O) groups excluding carboxylic acids is 2. The second-order valence-corrected chi connectivity index (χ2v) is 5.93. The van der Waals surface area contributed by atoms with E-state index in [4.69, 9.17) is 9.47 Å². The van der Waals surface area contributed by atoms with Crippen LogP contribution >= 0.6 is 0 Å². The van der Waals surface area contributed by atoms with E-state index in [0.717, 1.165) is 0 Å². The van der Waals surface area contributed by atoms with Gasteiger partial charge in [0.2, 0.25) is 5.75 Å². The van der Waals surface area contributed by atoms with Gasteiger partial charge in [-0.05, 0) is 10.9 Å². The molecule has 0 saturated carbocycles. The van der Waals surface area contributed by atoms with Crippen molar-refractivity contribution in [2.75, 3.05) is 31.5 Å². The molecule has 0 aliphatic heterocycles. The number of rotatable bonds is 6. The first kappa shape index (κ1) is 14.3. The lowest BCUT2D eigenvalue weighted by atomic mass is 10.2. The van der Waals surface area contributed by atoms with Crippen LogP contribution in [0.15, 0.2) is 0 Å². The maximum Gasteiger partial charge on any atom is 0.356 e. The van der Waals surface area contributed by atoms with Crippen LogP contribution in [0.1, 0.15) is 13.8 Å². The smallest absolute Gasteiger partial charge is 0.356 e. The van der Waals surface area contributed by atoms with Crippen molar-refractivity contribution in [1.29, 1.82) is 0 Å². The zero-order valence-corrected chi connectivity index (χ0v) is 10.6. The van der Waals surface area contributed by atoms with Gasteiger partial charge in [-0.3, -0.25) is 4.79 Å². The highest BCUT2D eigenvalue weighted by molar-refractivity contribution is 7.96. The van der Waals surface area contributed by atoms with Crippen LogP contribution in [-0.4, -0.2) is 43.4 Å². The van der Waals surface area contributed by atoms with E-state index in [1.165, 1.54) is 0 Å². The van der Waals surface area contributed by atoms with Crippen molar-refractivity contribution in [3.63, 3.8) is 0 Å². The first-order valence-electron chi connectivity index (χ1n) is 4.80. The summed E-state index contributed by atoms with van der Waals surface area (Å²) in [5, 5.41) is 0. The fourth-order valence-corrected chi connectivity index (χ4v) is 1.30. The van der Waals surface area contributed by atoms with Crippen molar-refractivity contribution >= 4 is 22.8 Å². The largest absolute Gasteiger partial charge is 0.462 e. The van der Waals surface area contributed by atoms with Crippen LogP contribution in [0.5, 0.6) is 0 Å². The molecule has 88 valence electrons. The predicted octanol–water partition coefficient (Wildman–Crippen LogP) is 0.607. The molecule has 0 N–H and O–H groups in total. The van der Waals surface area contributed by atoms with Crippen LogP contribution in [0.4, 0.5) is 0 Å². The van der Waals surface area contributed by atoms with Crippen molar-refractivity contribution in [3.05, 3.63) is 0 Å². The third kappa shape index (κ3) is 8.30. The Morgan fingerprint density at radius 1 is 1.13 bits per heavy atom. The zero-order valence-electron chi connectivity index (χ0n) is 9.74. The van der Waals surface area contributed by atoms with Crippen LogP contribution in [-0.2, 0) is 30.0 Å². The first-order chi connectivity index (χ1) is 6.93. The van der Waals surface area contributed by atoms with E-state index in [1.807, 2.05) is 12.5 Å². The maximum atomic E-state index is 11.1. The molecule has 0 aromatic carbocycles. The van der Waals surface area contributed by atoms with Crippen molar-refractivity contribution < 1.29 is 19.1 Å². The summed E-state index contributed by atoms with van der Waals surface area (Å²) in [4.78, 5) is 22.1. The molecule has 5 heteroatoms. The standard InChI is InChI=1S/C10H19O4S/c1-8(2)10(12)14-6-5-13-9(11)7-15(3)4/h8H,5-7H2,1-4H3/q+1. The molecule has 0 aliphatic carbocycles. The normalized spacial score (nSPS) is 10.5. The molecule has 0 radical (unpaired) electrons. The highest BCUT2D eigenvalue weighted by Gasteiger charge is 2.13. The summed E-state index contributed by atoms with van der Waals surface area (Å²) in [5.41, 5.74) is 0. The third-order valence-electron chi connectivity index (χ3n) is 1.47. The molecular formula is C10H19O4S+. The predicted molar refractivity (Wildman–Crippen MR) is 60.8 cm³/mol. The number of hydrogen-bond acceptors (Lipinski definition) is 4. The Labute approximate surface area is 93.7 Å². The minimum Gasteiger partial charge on any atom is -0.462 e. The maximum absolute atomic E-state index is 11.1. The molecule has 0 bridgehead atoms. The molecule has 0 rings (SSSR count). The van der Waals surface area contributed by atoms with Crippen LogP contribution in [0.3, 0.4) is 0 Å². The minimum atomic E-state index is -0.267. The lowest BCUT2D eigenvalue weighted by molar-refractivity contribution is -0.153. The highest BCUT2D eigenvalue weighted by atomic mass is 32.2. The summed E-state index contributed by atoms with van der Waals surface area (Å²) in [7, 11) is 0.0505. The molecule has 0 amide bonds. The van der Waals surface area contributed by atoms with Crippen molar-refractivity contribution in [3.8, 4) is 0 Å². The molecule has 0 aromatic rings. The molecule has 0 spiro atoms. The van der Waals surface area contributed by atoms with Crippen LogP contribution in [0.2, 0.25) is 0 Å². The van der Waals surface area contributed by atoms with Gasteiger partial charge in [0, 0.05) is 0 Å². The Kier molecular flexibility index (Phi) is 7.21. The number of ether oxygens (including phenoxy) is 2. The fraction of sp³-hybridized carbons (Fsp3) is 0.800. The van der Waals surface area contributed by atoms with Gasteiger partial charge in [-0.2, -0.15) is 0 Å². The summed E-state index contributed by atoms with van der Waals surface area (Å²) >= 11 is 0. The molecule has 0 atom stereocenters. The number of carbonyl (C=O) groups is 2. The van der Waals surface area contributed by atoms with Gasteiger partial charge >= 0.3 is 11.9 Å². The quantitative estimate of drug-likeness (QED) is 0.384. The Morgan fingerprint density at radius 3 is 2.13 bits per heavy atom. The van der Waals surface area contributed by atoms with Gasteiger partial charge in [0.15, 0.2) is 0 Å². The summed E-state index contributed by atoms with van der Waals surface area (Å²) in [6, 6.07) is 0. The van der Waals surface area contributed by atoms with E-state index in [1.54, 1.807) is 13.8 Å². The molecule has 15 heavy (non-hydrogen) atoms. The van der Waals surface area contributed by atoms with E-state index >= 15 is 0 Å². The molecular weight excluding hydrogens is 216 g/mol. The Morgan fingerprint density at radius 2 is 1.67 bits per heavy atom.